The van der Waals surface area contributed by atoms with Crippen LogP contribution >= 0.6 is 11.6 Å². The van der Waals surface area contributed by atoms with Gasteiger partial charge in [-0.25, -0.2) is 9.97 Å². The van der Waals surface area contributed by atoms with Gasteiger partial charge in [0.1, 0.15) is 11.6 Å². The Bertz CT molecular complexity index is 751. The van der Waals surface area contributed by atoms with E-state index in [1.165, 1.54) is 0 Å². The summed E-state index contributed by atoms with van der Waals surface area (Å²) in [6.07, 6.45) is 1.64. The maximum absolute atomic E-state index is 8.99. The normalized spacial score (nSPS) is 17.6. The number of aryl methyl sites for hydroxylation is 2. The maximum atomic E-state index is 8.99. The average Bonchev–Trinajstić information content (AvgIpc) is 2.88. The van der Waals surface area contributed by atoms with E-state index in [9.17, 15) is 0 Å². The quantitative estimate of drug-likeness (QED) is 0.735. The number of benzene rings is 1. The van der Waals surface area contributed by atoms with Gasteiger partial charge < -0.3 is 20.1 Å². The number of nitrogens with one attached hydrogen (secondary N) is 1. The molecule has 1 atom stereocenters. The standard InChI is InChI=1S/C20H27ClN4O2/c1-14-11-20(24-15(2)23-14)25-8-4-10-27-13-19(25)17-12-16(5-6-18(17)21)22-7-3-9-26/h5-6,11-12,19,22,26H,3-4,7-10,13H2,1-2H3. The van der Waals surface area contributed by atoms with Gasteiger partial charge in [0.2, 0.25) is 0 Å². The number of aliphatic hydroxyl groups is 1. The average molecular weight is 391 g/mol. The number of ether oxygens (including phenoxy) is 1. The molecular formula is C20H27ClN4O2. The molecule has 1 fully saturated rings. The predicted octanol–water partition coefficient (Wildman–Crippen LogP) is 3.51. The molecule has 2 aromatic rings. The molecule has 2 heterocycles. The summed E-state index contributed by atoms with van der Waals surface area (Å²) in [5.74, 6) is 1.67. The molecule has 1 aromatic carbocycles. The minimum atomic E-state index is -0.0201. The van der Waals surface area contributed by atoms with Gasteiger partial charge in [-0.2, -0.15) is 0 Å². The molecule has 1 saturated heterocycles. The lowest BCUT2D eigenvalue weighted by molar-refractivity contribution is 0.134. The number of hydrogen-bond acceptors (Lipinski definition) is 6. The van der Waals surface area contributed by atoms with Crippen molar-refractivity contribution < 1.29 is 9.84 Å². The third-order valence-electron chi connectivity index (χ3n) is 4.61. The molecule has 2 N–H and O–H groups in total. The molecule has 7 heteroatoms. The lowest BCUT2D eigenvalue weighted by atomic mass is 10.0. The Morgan fingerprint density at radius 3 is 2.93 bits per heavy atom. The van der Waals surface area contributed by atoms with Crippen LogP contribution < -0.4 is 10.2 Å². The maximum Gasteiger partial charge on any atom is 0.133 e. The summed E-state index contributed by atoms with van der Waals surface area (Å²) in [6.45, 7) is 6.92. The van der Waals surface area contributed by atoms with E-state index in [-0.39, 0.29) is 12.6 Å². The fourth-order valence-corrected chi connectivity index (χ4v) is 3.62. The fourth-order valence-electron chi connectivity index (χ4n) is 3.37. The first kappa shape index (κ1) is 19.9. The third kappa shape index (κ3) is 5.09. The summed E-state index contributed by atoms with van der Waals surface area (Å²) in [4.78, 5) is 11.3. The molecule has 0 aliphatic carbocycles. The van der Waals surface area contributed by atoms with Crippen molar-refractivity contribution in [3.8, 4) is 0 Å². The van der Waals surface area contributed by atoms with E-state index in [0.29, 0.717) is 24.6 Å². The first-order valence-corrected chi connectivity index (χ1v) is 9.77. The van der Waals surface area contributed by atoms with Crippen molar-refractivity contribution in [2.24, 2.45) is 0 Å². The molecule has 0 radical (unpaired) electrons. The van der Waals surface area contributed by atoms with Crippen LogP contribution in [0.4, 0.5) is 11.5 Å². The Morgan fingerprint density at radius 1 is 1.30 bits per heavy atom. The molecule has 146 valence electrons. The van der Waals surface area contributed by atoms with Crippen molar-refractivity contribution in [1.29, 1.82) is 0 Å². The van der Waals surface area contributed by atoms with Gasteiger partial charge in [-0.05, 0) is 50.5 Å². The molecule has 1 aromatic heterocycles. The Morgan fingerprint density at radius 2 is 2.15 bits per heavy atom. The van der Waals surface area contributed by atoms with E-state index < -0.39 is 0 Å². The van der Waals surface area contributed by atoms with E-state index in [0.717, 1.165) is 48.2 Å². The number of anilines is 2. The molecule has 1 unspecified atom stereocenters. The van der Waals surface area contributed by atoms with Crippen LogP contribution in [0.2, 0.25) is 5.02 Å². The minimum absolute atomic E-state index is 0.0201. The second-order valence-corrected chi connectivity index (χ2v) is 7.20. The van der Waals surface area contributed by atoms with Gasteiger partial charge in [0, 0.05) is 48.8 Å². The number of hydrogen-bond donors (Lipinski definition) is 2. The summed E-state index contributed by atoms with van der Waals surface area (Å²) in [6, 6.07) is 7.95. The molecule has 0 amide bonds. The highest BCUT2D eigenvalue weighted by Crippen LogP contribution is 2.34. The van der Waals surface area contributed by atoms with Gasteiger partial charge in [0.25, 0.3) is 0 Å². The highest BCUT2D eigenvalue weighted by atomic mass is 35.5. The van der Waals surface area contributed by atoms with Crippen molar-refractivity contribution in [3.63, 3.8) is 0 Å². The van der Waals surface area contributed by atoms with E-state index in [1.807, 2.05) is 32.0 Å². The van der Waals surface area contributed by atoms with Crippen molar-refractivity contribution in [1.82, 2.24) is 9.97 Å². The number of aromatic nitrogens is 2. The van der Waals surface area contributed by atoms with Crippen LogP contribution in [-0.2, 0) is 4.74 Å². The van der Waals surface area contributed by atoms with Crippen molar-refractivity contribution in [2.45, 2.75) is 32.7 Å². The summed E-state index contributed by atoms with van der Waals surface area (Å²) in [5, 5.41) is 13.0. The smallest absolute Gasteiger partial charge is 0.133 e. The van der Waals surface area contributed by atoms with Gasteiger partial charge in [-0.1, -0.05) is 11.6 Å². The zero-order valence-corrected chi connectivity index (χ0v) is 16.7. The molecule has 6 nitrogen and oxygen atoms in total. The topological polar surface area (TPSA) is 70.5 Å². The summed E-state index contributed by atoms with van der Waals surface area (Å²) < 4.78 is 5.87. The summed E-state index contributed by atoms with van der Waals surface area (Å²) in [5.41, 5.74) is 2.95. The van der Waals surface area contributed by atoms with Crippen LogP contribution in [0.3, 0.4) is 0 Å². The van der Waals surface area contributed by atoms with Crippen LogP contribution in [0, 0.1) is 13.8 Å². The summed E-state index contributed by atoms with van der Waals surface area (Å²) >= 11 is 6.58. The van der Waals surface area contributed by atoms with E-state index in [1.54, 1.807) is 0 Å². The molecule has 3 rings (SSSR count). The van der Waals surface area contributed by atoms with Gasteiger partial charge in [0.05, 0.1) is 12.6 Å². The highest BCUT2D eigenvalue weighted by Gasteiger charge is 2.27. The van der Waals surface area contributed by atoms with E-state index >= 15 is 0 Å². The molecule has 0 bridgehead atoms. The SMILES string of the molecule is Cc1cc(N2CCCOCC2c2cc(NCCCO)ccc2Cl)nc(C)n1. The third-order valence-corrected chi connectivity index (χ3v) is 4.95. The second kappa shape index (κ2) is 9.35. The van der Waals surface area contributed by atoms with Crippen LogP contribution in [0.1, 0.15) is 36.0 Å². The number of nitrogens with zero attached hydrogens (tertiary/aromatic N) is 3. The summed E-state index contributed by atoms with van der Waals surface area (Å²) in [7, 11) is 0. The lowest BCUT2D eigenvalue weighted by Gasteiger charge is -2.32. The molecule has 0 spiro atoms. The zero-order valence-electron chi connectivity index (χ0n) is 15.9. The van der Waals surface area contributed by atoms with Crippen LogP contribution in [0.5, 0.6) is 0 Å². The first-order valence-electron chi connectivity index (χ1n) is 9.39. The fraction of sp³-hybridized carbons (Fsp3) is 0.500. The van der Waals surface area contributed by atoms with Crippen LogP contribution in [-0.4, -0.2) is 48.0 Å². The van der Waals surface area contributed by atoms with Crippen molar-refractivity contribution >= 4 is 23.1 Å². The molecule has 27 heavy (non-hydrogen) atoms. The lowest BCUT2D eigenvalue weighted by Crippen LogP contribution is -2.32. The number of rotatable bonds is 6. The monoisotopic (exact) mass is 390 g/mol. The number of aliphatic hydroxyl groups excluding tert-OH is 1. The van der Waals surface area contributed by atoms with Gasteiger partial charge in [0.15, 0.2) is 0 Å². The van der Waals surface area contributed by atoms with Gasteiger partial charge in [-0.3, -0.25) is 0 Å². The highest BCUT2D eigenvalue weighted by molar-refractivity contribution is 6.31. The minimum Gasteiger partial charge on any atom is -0.396 e. The van der Waals surface area contributed by atoms with Crippen molar-refractivity contribution in [2.75, 3.05) is 43.1 Å². The Kier molecular flexibility index (Phi) is 6.88. The van der Waals surface area contributed by atoms with Crippen LogP contribution in [0.15, 0.2) is 24.3 Å². The largest absolute Gasteiger partial charge is 0.396 e. The number of halogens is 1. The molecule has 1 aliphatic rings. The Labute approximate surface area is 165 Å². The van der Waals surface area contributed by atoms with E-state index in [4.69, 9.17) is 21.4 Å². The predicted molar refractivity (Wildman–Crippen MR) is 109 cm³/mol. The Hall–Kier alpha value is -1.89. The first-order chi connectivity index (χ1) is 13.1. The van der Waals surface area contributed by atoms with E-state index in [2.05, 4.69) is 26.3 Å². The molecular weight excluding hydrogens is 364 g/mol. The van der Waals surface area contributed by atoms with Crippen molar-refractivity contribution in [3.05, 3.63) is 46.4 Å². The van der Waals surface area contributed by atoms with Crippen LogP contribution in [0.25, 0.3) is 0 Å². The zero-order chi connectivity index (χ0) is 19.2. The Balaban J connectivity index is 1.94. The second-order valence-electron chi connectivity index (χ2n) is 6.79. The van der Waals surface area contributed by atoms with Gasteiger partial charge >= 0.3 is 0 Å². The van der Waals surface area contributed by atoms with Gasteiger partial charge in [-0.15, -0.1) is 0 Å². The molecule has 1 aliphatic heterocycles. The molecule has 0 saturated carbocycles.